The molecule has 1 N–H and O–H groups in total. The normalized spacial score (nSPS) is 20.1. The average Bonchev–Trinajstić information content (AvgIpc) is 3.42. The Morgan fingerprint density at radius 1 is 1.55 bits per heavy atom. The monoisotopic (exact) mass is 313 g/mol. The summed E-state index contributed by atoms with van der Waals surface area (Å²) >= 11 is 1.50. The van der Waals surface area contributed by atoms with E-state index in [0.29, 0.717) is 11.5 Å². The molecule has 0 saturated heterocycles. The summed E-state index contributed by atoms with van der Waals surface area (Å²) in [5, 5.41) is 24.4. The molecule has 4 rings (SSSR count). The Kier molecular flexibility index (Phi) is 3.01. The molecule has 2 saturated carbocycles. The number of aromatic nitrogens is 3. The smallest absolute Gasteiger partial charge is 0.252 e. The maximum atomic E-state index is 12.3. The van der Waals surface area contributed by atoms with Crippen LogP contribution in [0.15, 0.2) is 23.0 Å². The van der Waals surface area contributed by atoms with Crippen molar-refractivity contribution in [2.75, 3.05) is 0 Å². The highest BCUT2D eigenvalue weighted by atomic mass is 32.1. The van der Waals surface area contributed by atoms with Gasteiger partial charge >= 0.3 is 0 Å². The molecule has 0 bridgehead atoms. The summed E-state index contributed by atoms with van der Waals surface area (Å²) in [6.45, 7) is 0. The van der Waals surface area contributed by atoms with Crippen LogP contribution >= 0.6 is 11.3 Å². The fourth-order valence-corrected chi connectivity index (χ4v) is 3.26. The molecule has 2 fully saturated rings. The first-order valence-electron chi connectivity index (χ1n) is 7.39. The van der Waals surface area contributed by atoms with Gasteiger partial charge in [0.05, 0.1) is 23.9 Å². The lowest BCUT2D eigenvalue weighted by molar-refractivity contribution is 0.0931. The largest absolute Gasteiger partial charge is 0.343 e. The van der Waals surface area contributed by atoms with Gasteiger partial charge in [0.1, 0.15) is 5.69 Å². The number of thiophene rings is 1. The number of hydrogen-bond acceptors (Lipinski definition) is 5. The molecule has 22 heavy (non-hydrogen) atoms. The molecule has 0 spiro atoms. The minimum atomic E-state index is -0.503. The van der Waals surface area contributed by atoms with E-state index in [0.717, 1.165) is 31.4 Å². The average molecular weight is 313 g/mol. The molecule has 0 aliphatic heterocycles. The first kappa shape index (κ1) is 13.5. The van der Waals surface area contributed by atoms with Crippen LogP contribution in [0.4, 0.5) is 0 Å². The topological polar surface area (TPSA) is 83.6 Å². The van der Waals surface area contributed by atoms with E-state index in [1.165, 1.54) is 11.3 Å². The van der Waals surface area contributed by atoms with Crippen LogP contribution < -0.4 is 5.32 Å². The number of nitrogens with one attached hydrogen (secondary N) is 1. The SMILES string of the molecule is N#CC1(n2cc(C(NC(=O)c3ccsc3)C3CC3)nn2)CC1. The van der Waals surface area contributed by atoms with Gasteiger partial charge in [-0.2, -0.15) is 16.6 Å². The van der Waals surface area contributed by atoms with Crippen LogP contribution in [-0.4, -0.2) is 20.9 Å². The van der Waals surface area contributed by atoms with Crippen molar-refractivity contribution in [1.29, 1.82) is 5.26 Å². The fourth-order valence-electron chi connectivity index (χ4n) is 2.62. The van der Waals surface area contributed by atoms with Crippen molar-refractivity contribution in [3.05, 3.63) is 34.3 Å². The van der Waals surface area contributed by atoms with E-state index in [9.17, 15) is 10.1 Å². The Morgan fingerprint density at radius 2 is 2.36 bits per heavy atom. The van der Waals surface area contributed by atoms with Crippen molar-refractivity contribution in [1.82, 2.24) is 20.3 Å². The molecular weight excluding hydrogens is 298 g/mol. The number of amides is 1. The Bertz CT molecular complexity index is 736. The lowest BCUT2D eigenvalue weighted by Gasteiger charge is -2.15. The van der Waals surface area contributed by atoms with Crippen LogP contribution in [0.1, 0.15) is 47.8 Å². The second kappa shape index (κ2) is 4.92. The molecule has 1 amide bonds. The number of rotatable bonds is 5. The van der Waals surface area contributed by atoms with Crippen LogP contribution in [0.3, 0.4) is 0 Å². The van der Waals surface area contributed by atoms with Crippen molar-refractivity contribution in [3.8, 4) is 6.07 Å². The first-order valence-corrected chi connectivity index (χ1v) is 8.33. The second-order valence-electron chi connectivity index (χ2n) is 6.03. The van der Waals surface area contributed by atoms with E-state index in [1.54, 1.807) is 4.68 Å². The Balaban J connectivity index is 1.55. The van der Waals surface area contributed by atoms with Crippen LogP contribution in [0.25, 0.3) is 0 Å². The number of carbonyl (C=O) groups is 1. The fraction of sp³-hybridized carbons (Fsp3) is 0.467. The van der Waals surface area contributed by atoms with Crippen LogP contribution in [0, 0.1) is 17.2 Å². The van der Waals surface area contributed by atoms with E-state index in [1.807, 2.05) is 23.0 Å². The van der Waals surface area contributed by atoms with Crippen LogP contribution in [-0.2, 0) is 5.54 Å². The summed E-state index contributed by atoms with van der Waals surface area (Å²) in [6.07, 6.45) is 5.64. The van der Waals surface area contributed by atoms with Gasteiger partial charge in [0.25, 0.3) is 5.91 Å². The molecule has 2 aliphatic carbocycles. The third-order valence-corrected chi connectivity index (χ3v) is 5.05. The van der Waals surface area contributed by atoms with Crippen LogP contribution in [0.5, 0.6) is 0 Å². The number of nitriles is 1. The van der Waals surface area contributed by atoms with Gasteiger partial charge < -0.3 is 5.32 Å². The quantitative estimate of drug-likeness (QED) is 0.917. The van der Waals surface area contributed by atoms with Gasteiger partial charge in [-0.05, 0) is 43.0 Å². The highest BCUT2D eigenvalue weighted by Crippen LogP contribution is 2.44. The molecule has 2 heterocycles. The van der Waals surface area contributed by atoms with Gasteiger partial charge in [0.15, 0.2) is 5.54 Å². The maximum Gasteiger partial charge on any atom is 0.252 e. The molecule has 2 aromatic rings. The van der Waals surface area contributed by atoms with Gasteiger partial charge in [0, 0.05) is 5.38 Å². The van der Waals surface area contributed by atoms with Crippen molar-refractivity contribution in [2.24, 2.45) is 5.92 Å². The van der Waals surface area contributed by atoms with Gasteiger partial charge in [-0.1, -0.05) is 5.21 Å². The Labute approximate surface area is 131 Å². The zero-order chi connectivity index (χ0) is 15.2. The summed E-state index contributed by atoms with van der Waals surface area (Å²) in [7, 11) is 0. The lowest BCUT2D eigenvalue weighted by Crippen LogP contribution is -2.30. The van der Waals surface area contributed by atoms with Crippen molar-refractivity contribution < 1.29 is 4.79 Å². The van der Waals surface area contributed by atoms with Crippen molar-refractivity contribution in [2.45, 2.75) is 37.3 Å². The third-order valence-electron chi connectivity index (χ3n) is 4.36. The molecule has 0 aromatic carbocycles. The van der Waals surface area contributed by atoms with E-state index < -0.39 is 5.54 Å². The standard InChI is InChI=1S/C15H15N5OS/c16-9-15(4-5-15)20-7-12(18-19-20)13(10-1-2-10)17-14(21)11-3-6-22-8-11/h3,6-8,10,13H,1-2,4-5H2,(H,17,21). The molecule has 7 heteroatoms. The third kappa shape index (κ3) is 2.29. The second-order valence-corrected chi connectivity index (χ2v) is 6.81. The van der Waals surface area contributed by atoms with Gasteiger partial charge in [0.2, 0.25) is 0 Å². The zero-order valence-corrected chi connectivity index (χ0v) is 12.7. The summed E-state index contributed by atoms with van der Waals surface area (Å²) in [4.78, 5) is 12.3. The molecular formula is C15H15N5OS. The Hall–Kier alpha value is -2.20. The molecule has 2 aliphatic rings. The molecule has 2 aromatic heterocycles. The van der Waals surface area contributed by atoms with Gasteiger partial charge in [-0.15, -0.1) is 5.10 Å². The molecule has 1 unspecified atom stereocenters. The first-order chi connectivity index (χ1) is 10.7. The number of carbonyl (C=O) groups excluding carboxylic acids is 1. The molecule has 6 nitrogen and oxygen atoms in total. The van der Waals surface area contributed by atoms with Crippen molar-refractivity contribution in [3.63, 3.8) is 0 Å². The molecule has 1 atom stereocenters. The van der Waals surface area contributed by atoms with E-state index in [-0.39, 0.29) is 11.9 Å². The Morgan fingerprint density at radius 3 is 2.95 bits per heavy atom. The molecule has 112 valence electrons. The number of hydrogen-bond donors (Lipinski definition) is 1. The summed E-state index contributed by atoms with van der Waals surface area (Å²) in [5.74, 6) is 0.346. The van der Waals surface area contributed by atoms with E-state index >= 15 is 0 Å². The minimum absolute atomic E-state index is 0.0749. The predicted octanol–water partition coefficient (Wildman–Crippen LogP) is 2.23. The predicted molar refractivity (Wildman–Crippen MR) is 80.1 cm³/mol. The van der Waals surface area contributed by atoms with Gasteiger partial charge in [-0.25, -0.2) is 4.68 Å². The van der Waals surface area contributed by atoms with Crippen molar-refractivity contribution >= 4 is 17.2 Å². The minimum Gasteiger partial charge on any atom is -0.343 e. The highest BCUT2D eigenvalue weighted by Gasteiger charge is 2.47. The number of nitrogens with zero attached hydrogens (tertiary/aromatic N) is 4. The summed E-state index contributed by atoms with van der Waals surface area (Å²) in [6, 6.07) is 4.00. The lowest BCUT2D eigenvalue weighted by atomic mass is 10.1. The zero-order valence-electron chi connectivity index (χ0n) is 11.9. The highest BCUT2D eigenvalue weighted by molar-refractivity contribution is 7.08. The van der Waals surface area contributed by atoms with Crippen LogP contribution in [0.2, 0.25) is 0 Å². The molecule has 0 radical (unpaired) electrons. The summed E-state index contributed by atoms with van der Waals surface area (Å²) in [5.41, 5.74) is 0.933. The van der Waals surface area contributed by atoms with E-state index in [4.69, 9.17) is 0 Å². The summed E-state index contributed by atoms with van der Waals surface area (Å²) < 4.78 is 1.66. The van der Waals surface area contributed by atoms with Gasteiger partial charge in [-0.3, -0.25) is 4.79 Å². The maximum absolute atomic E-state index is 12.3. The van der Waals surface area contributed by atoms with E-state index in [2.05, 4.69) is 21.7 Å².